The number of hydrogen-bond acceptors (Lipinski definition) is 3. The maximum absolute atomic E-state index is 12.8. The molecule has 144 valence electrons. The minimum Gasteiger partial charge on any atom is -0.346 e. The third kappa shape index (κ3) is 4.56. The summed E-state index contributed by atoms with van der Waals surface area (Å²) in [6, 6.07) is 8.04. The van der Waals surface area contributed by atoms with E-state index in [-0.39, 0.29) is 17.4 Å². The SMILES string of the molecule is Cc1ccc(CNC(=O)c2nc(C(=O)NC(C)(C)C)c3n2CCCC3)cc1. The van der Waals surface area contributed by atoms with Gasteiger partial charge < -0.3 is 15.2 Å². The Hall–Kier alpha value is -2.63. The number of amides is 2. The fourth-order valence-corrected chi connectivity index (χ4v) is 3.27. The van der Waals surface area contributed by atoms with Gasteiger partial charge in [-0.05, 0) is 52.5 Å². The lowest BCUT2D eigenvalue weighted by Gasteiger charge is -2.21. The van der Waals surface area contributed by atoms with Crippen LogP contribution in [-0.2, 0) is 19.5 Å². The second-order valence-electron chi connectivity index (χ2n) is 8.21. The molecule has 0 radical (unpaired) electrons. The summed E-state index contributed by atoms with van der Waals surface area (Å²) in [4.78, 5) is 29.9. The van der Waals surface area contributed by atoms with Crippen LogP contribution in [0.25, 0.3) is 0 Å². The van der Waals surface area contributed by atoms with Gasteiger partial charge in [0.1, 0.15) is 5.69 Å². The summed E-state index contributed by atoms with van der Waals surface area (Å²) in [5, 5.41) is 5.89. The predicted octanol–water partition coefficient (Wildman–Crippen LogP) is 2.99. The van der Waals surface area contributed by atoms with E-state index in [4.69, 9.17) is 0 Å². The number of carbonyl (C=O) groups excluding carboxylic acids is 2. The average Bonchev–Trinajstić information content (AvgIpc) is 2.99. The number of fused-ring (bicyclic) bond motifs is 1. The number of benzene rings is 1. The highest BCUT2D eigenvalue weighted by molar-refractivity contribution is 5.97. The number of imidazole rings is 1. The van der Waals surface area contributed by atoms with E-state index in [0.29, 0.717) is 18.1 Å². The number of aromatic nitrogens is 2. The standard InChI is InChI=1S/C21H28N4O2/c1-14-8-10-15(11-9-14)13-22-20(27)18-23-17(19(26)24-21(2,3)4)16-7-5-6-12-25(16)18/h8-11H,5-7,12-13H2,1-4H3,(H,22,27)(H,24,26). The smallest absolute Gasteiger partial charge is 0.287 e. The van der Waals surface area contributed by atoms with Crippen LogP contribution in [0.3, 0.4) is 0 Å². The molecule has 6 nitrogen and oxygen atoms in total. The van der Waals surface area contributed by atoms with E-state index >= 15 is 0 Å². The predicted molar refractivity (Wildman–Crippen MR) is 105 cm³/mol. The molecule has 0 bridgehead atoms. The third-order valence-corrected chi connectivity index (χ3v) is 4.60. The zero-order chi connectivity index (χ0) is 19.6. The maximum atomic E-state index is 12.8. The molecule has 2 amide bonds. The molecule has 2 heterocycles. The van der Waals surface area contributed by atoms with Crippen LogP contribution in [0, 0.1) is 6.92 Å². The van der Waals surface area contributed by atoms with Crippen molar-refractivity contribution in [2.45, 2.75) is 65.6 Å². The Balaban J connectivity index is 1.81. The molecule has 1 aromatic heterocycles. The molecule has 0 saturated heterocycles. The Bertz CT molecular complexity index is 844. The van der Waals surface area contributed by atoms with Crippen LogP contribution in [0.1, 0.15) is 71.5 Å². The number of rotatable bonds is 4. The molecule has 1 aromatic carbocycles. The van der Waals surface area contributed by atoms with Crippen molar-refractivity contribution in [3.05, 3.63) is 52.6 Å². The van der Waals surface area contributed by atoms with E-state index in [2.05, 4.69) is 15.6 Å². The summed E-state index contributed by atoms with van der Waals surface area (Å²) >= 11 is 0. The number of hydrogen-bond donors (Lipinski definition) is 2. The zero-order valence-corrected chi connectivity index (χ0v) is 16.6. The Morgan fingerprint density at radius 3 is 2.48 bits per heavy atom. The van der Waals surface area contributed by atoms with Gasteiger partial charge in [-0.2, -0.15) is 0 Å². The monoisotopic (exact) mass is 368 g/mol. The van der Waals surface area contributed by atoms with E-state index in [9.17, 15) is 9.59 Å². The first-order chi connectivity index (χ1) is 12.7. The highest BCUT2D eigenvalue weighted by Crippen LogP contribution is 2.22. The van der Waals surface area contributed by atoms with Crippen molar-refractivity contribution in [3.8, 4) is 0 Å². The van der Waals surface area contributed by atoms with E-state index in [1.165, 1.54) is 5.56 Å². The first kappa shape index (κ1) is 19.1. The van der Waals surface area contributed by atoms with Crippen molar-refractivity contribution in [2.24, 2.45) is 0 Å². The van der Waals surface area contributed by atoms with Gasteiger partial charge in [0.15, 0.2) is 5.82 Å². The molecule has 1 aliphatic rings. The molecule has 0 atom stereocenters. The van der Waals surface area contributed by atoms with Crippen molar-refractivity contribution < 1.29 is 9.59 Å². The van der Waals surface area contributed by atoms with Gasteiger partial charge in [0, 0.05) is 18.6 Å². The molecular formula is C21H28N4O2. The highest BCUT2D eigenvalue weighted by Gasteiger charge is 2.28. The second-order valence-corrected chi connectivity index (χ2v) is 8.21. The van der Waals surface area contributed by atoms with E-state index in [1.54, 1.807) is 0 Å². The Morgan fingerprint density at radius 1 is 1.11 bits per heavy atom. The minimum absolute atomic E-state index is 0.217. The first-order valence-electron chi connectivity index (χ1n) is 9.50. The van der Waals surface area contributed by atoms with Crippen molar-refractivity contribution >= 4 is 11.8 Å². The van der Waals surface area contributed by atoms with Crippen LogP contribution in [0.4, 0.5) is 0 Å². The zero-order valence-electron chi connectivity index (χ0n) is 16.6. The normalized spacial score (nSPS) is 13.8. The molecule has 0 unspecified atom stereocenters. The lowest BCUT2D eigenvalue weighted by atomic mass is 10.1. The van der Waals surface area contributed by atoms with Crippen molar-refractivity contribution in [3.63, 3.8) is 0 Å². The number of carbonyl (C=O) groups is 2. The van der Waals surface area contributed by atoms with Gasteiger partial charge in [-0.25, -0.2) is 4.98 Å². The summed E-state index contributed by atoms with van der Waals surface area (Å²) in [5.41, 5.74) is 3.11. The Labute approximate surface area is 160 Å². The van der Waals surface area contributed by atoms with E-state index in [0.717, 1.165) is 37.1 Å². The minimum atomic E-state index is -0.351. The largest absolute Gasteiger partial charge is 0.346 e. The summed E-state index contributed by atoms with van der Waals surface area (Å²) in [7, 11) is 0. The second kappa shape index (κ2) is 7.55. The number of nitrogens with one attached hydrogen (secondary N) is 2. The van der Waals surface area contributed by atoms with E-state index in [1.807, 2.05) is 56.5 Å². The summed E-state index contributed by atoms with van der Waals surface area (Å²) in [6.45, 7) is 8.99. The molecule has 6 heteroatoms. The van der Waals surface area contributed by atoms with Crippen molar-refractivity contribution in [2.75, 3.05) is 0 Å². The maximum Gasteiger partial charge on any atom is 0.287 e. The highest BCUT2D eigenvalue weighted by atomic mass is 16.2. The molecule has 2 aromatic rings. The molecule has 27 heavy (non-hydrogen) atoms. The van der Waals surface area contributed by atoms with Crippen LogP contribution in [0.2, 0.25) is 0 Å². The van der Waals surface area contributed by atoms with Gasteiger partial charge in [0.25, 0.3) is 11.8 Å². The Morgan fingerprint density at radius 2 is 1.81 bits per heavy atom. The summed E-state index contributed by atoms with van der Waals surface area (Å²) in [5.74, 6) is -0.130. The molecule has 3 rings (SSSR count). The van der Waals surface area contributed by atoms with Gasteiger partial charge >= 0.3 is 0 Å². The molecule has 0 saturated carbocycles. The Kier molecular flexibility index (Phi) is 5.35. The molecule has 0 spiro atoms. The van der Waals surface area contributed by atoms with Crippen LogP contribution in [0.15, 0.2) is 24.3 Å². The fraction of sp³-hybridized carbons (Fsp3) is 0.476. The van der Waals surface area contributed by atoms with Crippen molar-refractivity contribution in [1.82, 2.24) is 20.2 Å². The molecule has 0 aliphatic carbocycles. The fourth-order valence-electron chi connectivity index (χ4n) is 3.27. The molecule has 0 fully saturated rings. The number of aryl methyl sites for hydroxylation is 1. The van der Waals surface area contributed by atoms with Crippen LogP contribution in [0.5, 0.6) is 0 Å². The topological polar surface area (TPSA) is 76.0 Å². The average molecular weight is 368 g/mol. The van der Waals surface area contributed by atoms with Gasteiger partial charge in [0.05, 0.1) is 5.69 Å². The summed E-state index contributed by atoms with van der Waals surface area (Å²) in [6.07, 6.45) is 2.76. The van der Waals surface area contributed by atoms with Crippen molar-refractivity contribution in [1.29, 1.82) is 0 Å². The van der Waals surface area contributed by atoms with Crippen LogP contribution >= 0.6 is 0 Å². The lowest BCUT2D eigenvalue weighted by Crippen LogP contribution is -2.41. The lowest BCUT2D eigenvalue weighted by molar-refractivity contribution is 0.0913. The first-order valence-corrected chi connectivity index (χ1v) is 9.50. The quantitative estimate of drug-likeness (QED) is 0.871. The van der Waals surface area contributed by atoms with Crippen LogP contribution < -0.4 is 10.6 Å². The van der Waals surface area contributed by atoms with Gasteiger partial charge in [-0.15, -0.1) is 0 Å². The van der Waals surface area contributed by atoms with Gasteiger partial charge in [-0.1, -0.05) is 29.8 Å². The summed E-state index contributed by atoms with van der Waals surface area (Å²) < 4.78 is 1.91. The number of nitrogens with zero attached hydrogens (tertiary/aromatic N) is 2. The van der Waals surface area contributed by atoms with Gasteiger partial charge in [0.2, 0.25) is 0 Å². The van der Waals surface area contributed by atoms with Gasteiger partial charge in [-0.3, -0.25) is 9.59 Å². The molecule has 2 N–H and O–H groups in total. The third-order valence-electron chi connectivity index (χ3n) is 4.60. The van der Waals surface area contributed by atoms with Crippen LogP contribution in [-0.4, -0.2) is 26.9 Å². The molecule has 1 aliphatic heterocycles. The molecular weight excluding hydrogens is 340 g/mol. The van der Waals surface area contributed by atoms with E-state index < -0.39 is 0 Å².